The second-order valence-electron chi connectivity index (χ2n) is 6.44. The Balaban J connectivity index is 1.63. The van der Waals surface area contributed by atoms with E-state index in [1.165, 1.54) is 31.5 Å². The van der Waals surface area contributed by atoms with E-state index < -0.39 is 23.6 Å². The van der Waals surface area contributed by atoms with Crippen molar-refractivity contribution in [3.05, 3.63) is 88.1 Å². The summed E-state index contributed by atoms with van der Waals surface area (Å²) in [4.78, 5) is 36.4. The number of esters is 1. The molecule has 168 valence electrons. The normalized spacial score (nSPS) is 10.5. The number of carbonyl (C=O) groups is 3. The van der Waals surface area contributed by atoms with Crippen LogP contribution < -0.4 is 20.2 Å². The molecule has 3 rings (SSSR count). The fraction of sp³-hybridized carbons (Fsp3) is 0.0435. The van der Waals surface area contributed by atoms with Crippen LogP contribution in [0.1, 0.15) is 15.9 Å². The van der Waals surface area contributed by atoms with Gasteiger partial charge >= 0.3 is 17.8 Å². The number of nitrogens with one attached hydrogen (secondary N) is 2. The molecule has 10 heteroatoms. The highest BCUT2D eigenvalue weighted by Crippen LogP contribution is 2.20. The summed E-state index contributed by atoms with van der Waals surface area (Å²) in [5.74, 6) is -2.85. The van der Waals surface area contributed by atoms with Gasteiger partial charge in [0.1, 0.15) is 17.3 Å². The molecule has 0 saturated heterocycles. The van der Waals surface area contributed by atoms with E-state index in [0.29, 0.717) is 15.8 Å². The molecule has 0 saturated carbocycles. The van der Waals surface area contributed by atoms with E-state index >= 15 is 0 Å². The number of rotatable bonds is 6. The van der Waals surface area contributed by atoms with E-state index in [0.717, 1.165) is 6.07 Å². The first kappa shape index (κ1) is 23.6. The van der Waals surface area contributed by atoms with Crippen molar-refractivity contribution in [2.24, 2.45) is 5.10 Å². The molecular weight excluding hydrogens is 497 g/mol. The molecule has 0 bridgehead atoms. The summed E-state index contributed by atoms with van der Waals surface area (Å²) in [6.07, 6.45) is 1.21. The summed E-state index contributed by atoms with van der Waals surface area (Å²) >= 11 is 3.10. The molecule has 0 spiro atoms. The average molecular weight is 514 g/mol. The molecule has 2 amide bonds. The Morgan fingerprint density at radius 3 is 2.55 bits per heavy atom. The number of nitrogens with zero attached hydrogens (tertiary/aromatic N) is 1. The highest BCUT2D eigenvalue weighted by Gasteiger charge is 2.16. The van der Waals surface area contributed by atoms with Gasteiger partial charge in [0.2, 0.25) is 0 Å². The maximum atomic E-state index is 13.8. The van der Waals surface area contributed by atoms with Crippen LogP contribution in [0.2, 0.25) is 0 Å². The molecular formula is C23H17BrFN3O5. The van der Waals surface area contributed by atoms with Crippen molar-refractivity contribution in [3.63, 3.8) is 0 Å². The van der Waals surface area contributed by atoms with Crippen molar-refractivity contribution in [1.82, 2.24) is 5.43 Å². The zero-order chi connectivity index (χ0) is 23.8. The monoisotopic (exact) mass is 513 g/mol. The lowest BCUT2D eigenvalue weighted by Gasteiger charge is -2.08. The summed E-state index contributed by atoms with van der Waals surface area (Å²) in [6, 6.07) is 16.9. The van der Waals surface area contributed by atoms with Crippen LogP contribution in [0.15, 0.2) is 76.3 Å². The molecule has 0 aliphatic carbocycles. The third kappa shape index (κ3) is 6.47. The van der Waals surface area contributed by atoms with Gasteiger partial charge in [-0.25, -0.2) is 14.6 Å². The summed E-state index contributed by atoms with van der Waals surface area (Å²) in [6.45, 7) is 0. The Labute approximate surface area is 196 Å². The zero-order valence-electron chi connectivity index (χ0n) is 17.2. The molecule has 2 N–H and O–H groups in total. The Morgan fingerprint density at radius 2 is 1.79 bits per heavy atom. The maximum absolute atomic E-state index is 13.8. The van der Waals surface area contributed by atoms with Crippen molar-refractivity contribution in [2.75, 3.05) is 12.4 Å². The lowest BCUT2D eigenvalue weighted by Crippen LogP contribution is -2.32. The van der Waals surface area contributed by atoms with E-state index in [-0.39, 0.29) is 17.0 Å². The zero-order valence-corrected chi connectivity index (χ0v) is 18.8. The van der Waals surface area contributed by atoms with Crippen LogP contribution in [0.4, 0.5) is 10.1 Å². The summed E-state index contributed by atoms with van der Waals surface area (Å²) < 4.78 is 24.8. The van der Waals surface area contributed by atoms with Crippen LogP contribution >= 0.6 is 15.9 Å². The van der Waals surface area contributed by atoms with Crippen LogP contribution in [0.5, 0.6) is 11.5 Å². The smallest absolute Gasteiger partial charge is 0.343 e. The van der Waals surface area contributed by atoms with Crippen LogP contribution in [-0.4, -0.2) is 31.1 Å². The molecule has 0 unspecified atom stereocenters. The fourth-order valence-electron chi connectivity index (χ4n) is 2.57. The topological polar surface area (TPSA) is 106 Å². The number of para-hydroxylation sites is 1. The number of halogens is 2. The number of benzene rings is 3. The number of hydrazone groups is 1. The third-order valence-electron chi connectivity index (χ3n) is 4.18. The largest absolute Gasteiger partial charge is 0.497 e. The molecule has 0 fully saturated rings. The van der Waals surface area contributed by atoms with Crippen LogP contribution in [-0.2, 0) is 9.59 Å². The fourth-order valence-corrected chi connectivity index (χ4v) is 2.90. The Morgan fingerprint density at radius 1 is 1.00 bits per heavy atom. The number of amides is 2. The average Bonchev–Trinajstić information content (AvgIpc) is 2.81. The van der Waals surface area contributed by atoms with Crippen molar-refractivity contribution >= 4 is 45.6 Å². The third-order valence-corrected chi connectivity index (χ3v) is 4.68. The molecule has 0 aliphatic heterocycles. The number of hydrogen-bond donors (Lipinski definition) is 2. The number of ether oxygens (including phenoxy) is 2. The van der Waals surface area contributed by atoms with E-state index in [1.54, 1.807) is 42.5 Å². The first-order valence-electron chi connectivity index (χ1n) is 9.42. The highest BCUT2D eigenvalue weighted by atomic mass is 79.9. The van der Waals surface area contributed by atoms with Crippen molar-refractivity contribution < 1.29 is 28.2 Å². The second-order valence-corrected chi connectivity index (χ2v) is 7.35. The summed E-state index contributed by atoms with van der Waals surface area (Å²) in [5, 5.41) is 5.86. The first-order valence-corrected chi connectivity index (χ1v) is 10.2. The Hall–Kier alpha value is -4.05. The van der Waals surface area contributed by atoms with Crippen molar-refractivity contribution in [1.29, 1.82) is 0 Å². The van der Waals surface area contributed by atoms with Gasteiger partial charge in [-0.2, -0.15) is 5.10 Å². The van der Waals surface area contributed by atoms with Gasteiger partial charge in [0, 0.05) is 10.0 Å². The van der Waals surface area contributed by atoms with Gasteiger partial charge in [-0.15, -0.1) is 0 Å². The van der Waals surface area contributed by atoms with Gasteiger partial charge in [-0.05, 0) is 48.5 Å². The maximum Gasteiger partial charge on any atom is 0.343 e. The Kier molecular flexibility index (Phi) is 7.87. The first-order chi connectivity index (χ1) is 15.9. The molecule has 3 aromatic rings. The van der Waals surface area contributed by atoms with Gasteiger partial charge in [-0.1, -0.05) is 34.1 Å². The van der Waals surface area contributed by atoms with Crippen LogP contribution in [0.3, 0.4) is 0 Å². The van der Waals surface area contributed by atoms with E-state index in [4.69, 9.17) is 9.47 Å². The second kappa shape index (κ2) is 11.0. The van der Waals surface area contributed by atoms with Gasteiger partial charge in [0.25, 0.3) is 0 Å². The van der Waals surface area contributed by atoms with Gasteiger partial charge in [0.15, 0.2) is 0 Å². The number of carbonyl (C=O) groups excluding carboxylic acids is 3. The standard InChI is InChI=1S/C23H17BrFN3O5/c1-32-17-7-4-6-14(11-17)23(31)33-20-8-3-2-5-15(20)13-26-28-22(30)21(29)27-19-10-9-16(24)12-18(19)25/h2-13H,1H3,(H,27,29)(H,28,30)/b26-13+. The molecule has 3 aromatic carbocycles. The van der Waals surface area contributed by atoms with Crippen LogP contribution in [0.25, 0.3) is 0 Å². The summed E-state index contributed by atoms with van der Waals surface area (Å²) in [7, 11) is 1.49. The molecule has 0 heterocycles. The lowest BCUT2D eigenvalue weighted by atomic mass is 10.2. The van der Waals surface area contributed by atoms with Gasteiger partial charge < -0.3 is 14.8 Å². The van der Waals surface area contributed by atoms with Gasteiger partial charge in [-0.3, -0.25) is 9.59 Å². The number of methoxy groups -OCH3 is 1. The minimum absolute atomic E-state index is 0.155. The Bertz CT molecular complexity index is 1230. The van der Waals surface area contributed by atoms with Gasteiger partial charge in [0.05, 0.1) is 24.6 Å². The minimum Gasteiger partial charge on any atom is -0.497 e. The highest BCUT2D eigenvalue weighted by molar-refractivity contribution is 9.10. The van der Waals surface area contributed by atoms with E-state index in [9.17, 15) is 18.8 Å². The van der Waals surface area contributed by atoms with E-state index in [1.807, 2.05) is 5.43 Å². The predicted molar refractivity (Wildman–Crippen MR) is 123 cm³/mol. The van der Waals surface area contributed by atoms with E-state index in [2.05, 4.69) is 26.3 Å². The quantitative estimate of drug-likeness (QED) is 0.171. The number of anilines is 1. The van der Waals surface area contributed by atoms with Crippen molar-refractivity contribution in [2.45, 2.75) is 0 Å². The predicted octanol–water partition coefficient (Wildman–Crippen LogP) is 3.90. The van der Waals surface area contributed by atoms with Crippen molar-refractivity contribution in [3.8, 4) is 11.5 Å². The molecule has 0 radical (unpaired) electrons. The molecule has 8 nitrogen and oxygen atoms in total. The lowest BCUT2D eigenvalue weighted by molar-refractivity contribution is -0.136. The summed E-state index contributed by atoms with van der Waals surface area (Å²) in [5.41, 5.74) is 2.54. The molecule has 0 atom stereocenters. The molecule has 33 heavy (non-hydrogen) atoms. The molecule has 0 aliphatic rings. The minimum atomic E-state index is -1.11. The SMILES string of the molecule is COc1cccc(C(=O)Oc2ccccc2/C=N/NC(=O)C(=O)Nc2ccc(Br)cc2F)c1. The molecule has 0 aromatic heterocycles. The van der Waals surface area contributed by atoms with Crippen LogP contribution in [0, 0.1) is 5.82 Å². The number of hydrogen-bond acceptors (Lipinski definition) is 6.